The molecule has 0 saturated carbocycles. The Morgan fingerprint density at radius 3 is 2.91 bits per heavy atom. The van der Waals surface area contributed by atoms with Crippen molar-refractivity contribution in [1.29, 1.82) is 0 Å². The fraction of sp³-hybridized carbons (Fsp3) is 0.333. The van der Waals surface area contributed by atoms with Gasteiger partial charge >= 0.3 is 0 Å². The molecule has 2 aromatic heterocycles. The van der Waals surface area contributed by atoms with E-state index >= 15 is 0 Å². The average Bonchev–Trinajstić information content (AvgIpc) is 3.21. The zero-order valence-corrected chi connectivity index (χ0v) is 12.3. The van der Waals surface area contributed by atoms with Crippen molar-refractivity contribution in [3.8, 4) is 17.3 Å². The van der Waals surface area contributed by atoms with Crippen LogP contribution in [0.25, 0.3) is 22.5 Å². The molecule has 0 amide bonds. The Kier molecular flexibility index (Phi) is 3.19. The number of aromatic amines is 1. The summed E-state index contributed by atoms with van der Waals surface area (Å²) >= 11 is 0. The molecule has 0 unspecified atom stereocenters. The minimum atomic E-state index is 0.503. The number of methoxy groups -OCH3 is 1. The van der Waals surface area contributed by atoms with Gasteiger partial charge in [0.05, 0.1) is 7.11 Å². The molecule has 1 aliphatic rings. The van der Waals surface area contributed by atoms with E-state index < -0.39 is 0 Å². The van der Waals surface area contributed by atoms with Crippen LogP contribution in [0.4, 0.5) is 5.95 Å². The molecule has 114 valence electrons. The van der Waals surface area contributed by atoms with Crippen molar-refractivity contribution in [3.05, 3.63) is 24.3 Å². The maximum Gasteiger partial charge on any atom is 0.275 e. The largest absolute Gasteiger partial charge is 0.497 e. The summed E-state index contributed by atoms with van der Waals surface area (Å²) in [5, 5.41) is 8.47. The molecule has 0 aliphatic carbocycles. The number of nitrogens with zero attached hydrogens (tertiary/aromatic N) is 3. The standard InChI is InChI=1S/C15H17N5O2/c1-21-11-3-2-10-8-13(17-12(10)9-11)14-18-15(19-22-14)20-6-4-16-5-7-20/h2-3,8-9,16-17H,4-7H2,1H3. The predicted octanol–water partition coefficient (Wildman–Crippen LogP) is 1.64. The Balaban J connectivity index is 1.65. The quantitative estimate of drug-likeness (QED) is 0.765. The smallest absolute Gasteiger partial charge is 0.275 e. The van der Waals surface area contributed by atoms with Crippen LogP contribution in [0.15, 0.2) is 28.8 Å². The van der Waals surface area contributed by atoms with E-state index in [0.29, 0.717) is 11.8 Å². The Bertz CT molecular complexity index is 788. The number of H-pyrrole nitrogens is 1. The summed E-state index contributed by atoms with van der Waals surface area (Å²) in [6.07, 6.45) is 0. The minimum Gasteiger partial charge on any atom is -0.497 e. The Hall–Kier alpha value is -2.54. The highest BCUT2D eigenvalue weighted by Crippen LogP contribution is 2.27. The number of fused-ring (bicyclic) bond motifs is 1. The number of hydrogen-bond acceptors (Lipinski definition) is 6. The summed E-state index contributed by atoms with van der Waals surface area (Å²) in [5.74, 6) is 1.96. The van der Waals surface area contributed by atoms with Crippen molar-refractivity contribution < 1.29 is 9.26 Å². The molecule has 3 aromatic rings. The van der Waals surface area contributed by atoms with Gasteiger partial charge in [0.25, 0.3) is 11.8 Å². The van der Waals surface area contributed by atoms with Crippen LogP contribution >= 0.6 is 0 Å². The van der Waals surface area contributed by atoms with E-state index in [1.54, 1.807) is 7.11 Å². The molecule has 0 spiro atoms. The van der Waals surface area contributed by atoms with Gasteiger partial charge in [-0.3, -0.25) is 0 Å². The molecule has 1 saturated heterocycles. The van der Waals surface area contributed by atoms with Crippen LogP contribution in [0.2, 0.25) is 0 Å². The summed E-state index contributed by atoms with van der Waals surface area (Å²) in [4.78, 5) is 9.92. The summed E-state index contributed by atoms with van der Waals surface area (Å²) in [6, 6.07) is 7.89. The molecule has 3 heterocycles. The molecular formula is C15H17N5O2. The fourth-order valence-electron chi connectivity index (χ4n) is 2.67. The lowest BCUT2D eigenvalue weighted by molar-refractivity contribution is 0.415. The van der Waals surface area contributed by atoms with Crippen LogP contribution in [0.1, 0.15) is 0 Å². The van der Waals surface area contributed by atoms with Crippen molar-refractivity contribution in [2.24, 2.45) is 0 Å². The number of piperazine rings is 1. The maximum atomic E-state index is 5.40. The lowest BCUT2D eigenvalue weighted by Crippen LogP contribution is -2.44. The second-order valence-corrected chi connectivity index (χ2v) is 5.27. The van der Waals surface area contributed by atoms with Gasteiger partial charge in [-0.1, -0.05) is 0 Å². The molecule has 2 N–H and O–H groups in total. The molecule has 7 nitrogen and oxygen atoms in total. The first-order valence-electron chi connectivity index (χ1n) is 7.30. The van der Waals surface area contributed by atoms with Crippen LogP contribution in [0.5, 0.6) is 5.75 Å². The Morgan fingerprint density at radius 2 is 2.09 bits per heavy atom. The summed E-state index contributed by atoms with van der Waals surface area (Å²) in [6.45, 7) is 3.66. The molecule has 1 aromatic carbocycles. The van der Waals surface area contributed by atoms with Gasteiger partial charge in [-0.05, 0) is 23.4 Å². The Morgan fingerprint density at radius 1 is 1.23 bits per heavy atom. The number of anilines is 1. The highest BCUT2D eigenvalue weighted by molar-refractivity contribution is 5.85. The van der Waals surface area contributed by atoms with Crippen molar-refractivity contribution in [2.75, 3.05) is 38.2 Å². The topological polar surface area (TPSA) is 79.2 Å². The predicted molar refractivity (Wildman–Crippen MR) is 83.2 cm³/mol. The van der Waals surface area contributed by atoms with Crippen molar-refractivity contribution in [1.82, 2.24) is 20.4 Å². The molecule has 7 heteroatoms. The van der Waals surface area contributed by atoms with Crippen molar-refractivity contribution in [2.45, 2.75) is 0 Å². The third kappa shape index (κ3) is 2.29. The first-order chi connectivity index (χ1) is 10.8. The molecular weight excluding hydrogens is 282 g/mol. The number of benzene rings is 1. The molecule has 0 bridgehead atoms. The number of rotatable bonds is 3. The number of aromatic nitrogens is 3. The van der Waals surface area contributed by atoms with Gasteiger partial charge in [-0.2, -0.15) is 4.98 Å². The van der Waals surface area contributed by atoms with E-state index in [2.05, 4.69) is 25.3 Å². The number of nitrogens with one attached hydrogen (secondary N) is 2. The van der Waals surface area contributed by atoms with Gasteiger partial charge in [-0.15, -0.1) is 0 Å². The lowest BCUT2D eigenvalue weighted by Gasteiger charge is -2.25. The second kappa shape index (κ2) is 5.34. The van der Waals surface area contributed by atoms with Crippen LogP contribution < -0.4 is 15.0 Å². The average molecular weight is 299 g/mol. The van der Waals surface area contributed by atoms with E-state index in [1.807, 2.05) is 24.3 Å². The van der Waals surface area contributed by atoms with Crippen molar-refractivity contribution in [3.63, 3.8) is 0 Å². The first kappa shape index (κ1) is 13.1. The molecule has 0 atom stereocenters. The normalized spacial score (nSPS) is 15.4. The monoisotopic (exact) mass is 299 g/mol. The molecule has 1 fully saturated rings. The zero-order chi connectivity index (χ0) is 14.9. The van der Waals surface area contributed by atoms with Crippen LogP contribution in [0, 0.1) is 0 Å². The summed E-state index contributed by atoms with van der Waals surface area (Å²) in [5.41, 5.74) is 1.80. The van der Waals surface area contributed by atoms with Crippen LogP contribution in [-0.4, -0.2) is 48.4 Å². The van der Waals surface area contributed by atoms with Gasteiger partial charge in [-0.25, -0.2) is 0 Å². The van der Waals surface area contributed by atoms with Crippen LogP contribution in [-0.2, 0) is 0 Å². The minimum absolute atomic E-state index is 0.503. The van der Waals surface area contributed by atoms with Crippen LogP contribution in [0.3, 0.4) is 0 Å². The lowest BCUT2D eigenvalue weighted by atomic mass is 10.2. The molecule has 4 rings (SSSR count). The van der Waals surface area contributed by atoms with Gasteiger partial charge in [0, 0.05) is 43.1 Å². The van der Waals surface area contributed by atoms with E-state index in [1.165, 1.54) is 0 Å². The highest BCUT2D eigenvalue weighted by atomic mass is 16.5. The zero-order valence-electron chi connectivity index (χ0n) is 12.3. The number of hydrogen-bond donors (Lipinski definition) is 2. The maximum absolute atomic E-state index is 5.40. The van der Waals surface area contributed by atoms with Gasteiger partial charge in [0.15, 0.2) is 0 Å². The first-order valence-corrected chi connectivity index (χ1v) is 7.30. The number of ether oxygens (including phenoxy) is 1. The SMILES string of the molecule is COc1ccc2cc(-c3nc(N4CCNCC4)no3)[nH]c2c1. The van der Waals surface area contributed by atoms with E-state index in [-0.39, 0.29) is 0 Å². The summed E-state index contributed by atoms with van der Waals surface area (Å²) in [7, 11) is 1.66. The summed E-state index contributed by atoms with van der Waals surface area (Å²) < 4.78 is 10.6. The highest BCUT2D eigenvalue weighted by Gasteiger charge is 2.18. The second-order valence-electron chi connectivity index (χ2n) is 5.27. The van der Waals surface area contributed by atoms with Crippen molar-refractivity contribution >= 4 is 16.9 Å². The molecule has 0 radical (unpaired) electrons. The Labute approximate surface area is 127 Å². The van der Waals surface area contributed by atoms with Gasteiger partial charge in [0.2, 0.25) is 0 Å². The third-order valence-electron chi connectivity index (χ3n) is 3.88. The third-order valence-corrected chi connectivity index (χ3v) is 3.88. The molecule has 22 heavy (non-hydrogen) atoms. The molecule has 1 aliphatic heterocycles. The fourth-order valence-corrected chi connectivity index (χ4v) is 2.67. The van der Waals surface area contributed by atoms with E-state index in [4.69, 9.17) is 9.26 Å². The van der Waals surface area contributed by atoms with Gasteiger partial charge < -0.3 is 24.5 Å². The van der Waals surface area contributed by atoms with Gasteiger partial charge in [0.1, 0.15) is 11.4 Å². The van der Waals surface area contributed by atoms with E-state index in [0.717, 1.165) is 48.5 Å². The van der Waals surface area contributed by atoms with E-state index in [9.17, 15) is 0 Å².